The van der Waals surface area contributed by atoms with Crippen molar-refractivity contribution >= 4 is 33.5 Å². The van der Waals surface area contributed by atoms with Crippen LogP contribution in [0.1, 0.15) is 44.7 Å². The predicted octanol–water partition coefficient (Wildman–Crippen LogP) is 5.53. The van der Waals surface area contributed by atoms with Gasteiger partial charge in [-0.1, -0.05) is 83.0 Å². The molecular weight excluding hydrogens is 456 g/mol. The third kappa shape index (κ3) is 2.56. The molecule has 2 aliphatic rings. The van der Waals surface area contributed by atoms with E-state index >= 15 is 0 Å². The van der Waals surface area contributed by atoms with Gasteiger partial charge in [-0.25, -0.2) is 0 Å². The van der Waals surface area contributed by atoms with E-state index in [0.29, 0.717) is 22.4 Å². The van der Waals surface area contributed by atoms with Crippen LogP contribution in [0.15, 0.2) is 77.3 Å². The largest absolute Gasteiger partial charge is 0.425 e. The molecule has 3 atom stereocenters. The fourth-order valence-corrected chi connectivity index (χ4v) is 5.48. The third-order valence-corrected chi connectivity index (χ3v) is 7.23. The number of carbonyl (C=O) groups is 3. The van der Waals surface area contributed by atoms with E-state index in [1.54, 1.807) is 61.5 Å². The molecule has 1 aliphatic heterocycles. The molecule has 0 bridgehead atoms. The summed E-state index contributed by atoms with van der Waals surface area (Å²) in [5, 5.41) is 0. The minimum Gasteiger partial charge on any atom is -0.425 e. The van der Waals surface area contributed by atoms with Crippen molar-refractivity contribution in [1.29, 1.82) is 0 Å². The summed E-state index contributed by atoms with van der Waals surface area (Å²) in [7, 11) is 0. The van der Waals surface area contributed by atoms with Crippen LogP contribution in [-0.4, -0.2) is 17.5 Å². The van der Waals surface area contributed by atoms with Crippen LogP contribution in [0.25, 0.3) is 0 Å². The number of benzene rings is 3. The van der Waals surface area contributed by atoms with E-state index in [4.69, 9.17) is 4.74 Å². The Morgan fingerprint density at radius 2 is 1.55 bits per heavy atom. The number of aryl methyl sites for hydroxylation is 1. The van der Waals surface area contributed by atoms with E-state index in [-0.39, 0.29) is 11.6 Å². The number of ketones is 2. The van der Waals surface area contributed by atoms with Crippen molar-refractivity contribution in [2.24, 2.45) is 10.8 Å². The summed E-state index contributed by atoms with van der Waals surface area (Å²) in [6, 6.07) is 21.2. The van der Waals surface area contributed by atoms with Crippen molar-refractivity contribution < 1.29 is 19.1 Å². The van der Waals surface area contributed by atoms with Crippen LogP contribution in [0.5, 0.6) is 5.75 Å². The molecule has 5 rings (SSSR count). The molecular formula is C26H19BrO4. The fraction of sp³-hybridized carbons (Fsp3) is 0.192. The highest BCUT2D eigenvalue weighted by Gasteiger charge is 2.87. The van der Waals surface area contributed by atoms with Crippen LogP contribution in [0.3, 0.4) is 0 Å². The topological polar surface area (TPSA) is 60.4 Å². The number of ether oxygens (including phenoxy) is 1. The maximum absolute atomic E-state index is 13.8. The van der Waals surface area contributed by atoms with Gasteiger partial charge in [-0.3, -0.25) is 14.4 Å². The summed E-state index contributed by atoms with van der Waals surface area (Å²) < 4.78 is 6.45. The SMILES string of the molecule is Cc1ccc(C(=O)[C@]2(C)[C@@H]3c4cc(Br)ccc4OC(=O)[C@]32C(=O)c2ccccc2)cc1. The lowest BCUT2D eigenvalue weighted by Crippen LogP contribution is -2.39. The molecule has 0 radical (unpaired) electrons. The van der Waals surface area contributed by atoms with Gasteiger partial charge in [-0.15, -0.1) is 0 Å². The summed E-state index contributed by atoms with van der Waals surface area (Å²) in [5.74, 6) is -1.47. The number of fused-ring (bicyclic) bond motifs is 3. The number of esters is 1. The highest BCUT2D eigenvalue weighted by Crippen LogP contribution is 2.79. The molecule has 31 heavy (non-hydrogen) atoms. The molecule has 3 aromatic rings. The average Bonchev–Trinajstić information content (AvgIpc) is 3.37. The van der Waals surface area contributed by atoms with Gasteiger partial charge in [0.2, 0.25) is 0 Å². The van der Waals surface area contributed by atoms with Crippen molar-refractivity contribution in [3.8, 4) is 5.75 Å². The number of hydrogen-bond donors (Lipinski definition) is 0. The molecule has 0 spiro atoms. The van der Waals surface area contributed by atoms with Crippen LogP contribution in [-0.2, 0) is 4.79 Å². The number of halogens is 1. The van der Waals surface area contributed by atoms with Gasteiger partial charge in [0.25, 0.3) is 0 Å². The summed E-state index contributed by atoms with van der Waals surface area (Å²) in [6.45, 7) is 3.66. The Balaban J connectivity index is 1.73. The fourth-order valence-electron chi connectivity index (χ4n) is 5.10. The Bertz CT molecular complexity index is 1250. The van der Waals surface area contributed by atoms with Crippen LogP contribution in [0.4, 0.5) is 0 Å². The van der Waals surface area contributed by atoms with E-state index < -0.39 is 22.7 Å². The first-order valence-electron chi connectivity index (χ1n) is 10.0. The van der Waals surface area contributed by atoms with E-state index in [2.05, 4.69) is 15.9 Å². The van der Waals surface area contributed by atoms with Gasteiger partial charge in [0.05, 0.1) is 5.41 Å². The van der Waals surface area contributed by atoms with E-state index in [9.17, 15) is 14.4 Å². The molecule has 0 N–H and O–H groups in total. The first-order chi connectivity index (χ1) is 14.8. The Hall–Kier alpha value is -3.05. The maximum atomic E-state index is 13.8. The Morgan fingerprint density at radius 3 is 2.23 bits per heavy atom. The van der Waals surface area contributed by atoms with Crippen molar-refractivity contribution in [2.75, 3.05) is 0 Å². The van der Waals surface area contributed by atoms with Crippen LogP contribution >= 0.6 is 15.9 Å². The molecule has 1 fully saturated rings. The Kier molecular flexibility index (Phi) is 4.31. The zero-order chi connectivity index (χ0) is 22.0. The standard InChI is InChI=1S/C26H19BrO4/c1-15-8-10-17(11-9-15)22(28)25(2)21-19-14-18(27)12-13-20(19)31-24(30)26(21,25)23(29)16-6-4-3-5-7-16/h3-14,21H,1-2H3/t21-,25-,26+/m0/s1. The quantitative estimate of drug-likeness (QED) is 0.216. The molecule has 0 saturated heterocycles. The molecule has 1 aliphatic carbocycles. The summed E-state index contributed by atoms with van der Waals surface area (Å²) in [5.41, 5.74) is -0.252. The second-order valence-electron chi connectivity index (χ2n) is 8.41. The molecule has 4 nitrogen and oxygen atoms in total. The Morgan fingerprint density at radius 1 is 0.903 bits per heavy atom. The number of carbonyl (C=O) groups excluding carboxylic acids is 3. The highest BCUT2D eigenvalue weighted by molar-refractivity contribution is 9.10. The van der Waals surface area contributed by atoms with Crippen LogP contribution in [0.2, 0.25) is 0 Å². The molecule has 5 heteroatoms. The normalized spacial score (nSPS) is 25.8. The number of Topliss-reactive ketones (excluding diaryl/α,β-unsaturated/α-hetero) is 2. The summed E-state index contributed by atoms with van der Waals surface area (Å²) >= 11 is 3.47. The molecule has 0 amide bonds. The lowest BCUT2D eigenvalue weighted by Gasteiger charge is -2.23. The number of rotatable bonds is 4. The summed E-state index contributed by atoms with van der Waals surface area (Å²) in [6.07, 6.45) is 0. The monoisotopic (exact) mass is 474 g/mol. The lowest BCUT2D eigenvalue weighted by molar-refractivity contribution is -0.140. The van der Waals surface area contributed by atoms with E-state index in [1.807, 2.05) is 25.1 Å². The molecule has 154 valence electrons. The van der Waals surface area contributed by atoms with Gasteiger partial charge in [0, 0.05) is 27.1 Å². The van der Waals surface area contributed by atoms with Crippen molar-refractivity contribution in [3.05, 3.63) is 99.5 Å². The first kappa shape index (κ1) is 19.9. The maximum Gasteiger partial charge on any atom is 0.327 e. The third-order valence-electron chi connectivity index (χ3n) is 6.73. The molecule has 0 aromatic heterocycles. The predicted molar refractivity (Wildman–Crippen MR) is 119 cm³/mol. The van der Waals surface area contributed by atoms with Gasteiger partial charge in [0.1, 0.15) is 5.75 Å². The zero-order valence-electron chi connectivity index (χ0n) is 17.0. The molecule has 1 saturated carbocycles. The highest BCUT2D eigenvalue weighted by atomic mass is 79.9. The summed E-state index contributed by atoms with van der Waals surface area (Å²) in [4.78, 5) is 41.0. The smallest absolute Gasteiger partial charge is 0.327 e. The van der Waals surface area contributed by atoms with Gasteiger partial charge in [-0.2, -0.15) is 0 Å². The van der Waals surface area contributed by atoms with Crippen LogP contribution in [0, 0.1) is 17.8 Å². The zero-order valence-corrected chi connectivity index (χ0v) is 18.6. The van der Waals surface area contributed by atoms with Crippen molar-refractivity contribution in [1.82, 2.24) is 0 Å². The Labute approximate surface area is 188 Å². The van der Waals surface area contributed by atoms with Crippen LogP contribution < -0.4 is 4.74 Å². The van der Waals surface area contributed by atoms with Crippen molar-refractivity contribution in [2.45, 2.75) is 19.8 Å². The van der Waals surface area contributed by atoms with Gasteiger partial charge in [-0.05, 0) is 25.1 Å². The lowest BCUT2D eigenvalue weighted by atomic mass is 9.82. The second-order valence-corrected chi connectivity index (χ2v) is 9.32. The van der Waals surface area contributed by atoms with E-state index in [0.717, 1.165) is 10.0 Å². The first-order valence-corrected chi connectivity index (χ1v) is 10.8. The minimum absolute atomic E-state index is 0.230. The van der Waals surface area contributed by atoms with Gasteiger partial charge >= 0.3 is 5.97 Å². The second kappa shape index (κ2) is 6.72. The van der Waals surface area contributed by atoms with Gasteiger partial charge in [0.15, 0.2) is 17.0 Å². The number of hydrogen-bond acceptors (Lipinski definition) is 4. The van der Waals surface area contributed by atoms with E-state index in [1.165, 1.54) is 0 Å². The van der Waals surface area contributed by atoms with Gasteiger partial charge < -0.3 is 4.74 Å². The van der Waals surface area contributed by atoms with Crippen molar-refractivity contribution in [3.63, 3.8) is 0 Å². The molecule has 3 aromatic carbocycles. The average molecular weight is 475 g/mol. The molecule has 1 heterocycles. The molecule has 0 unspecified atom stereocenters. The minimum atomic E-state index is -1.59.